The van der Waals surface area contributed by atoms with Gasteiger partial charge in [0.15, 0.2) is 11.5 Å². The largest absolute Gasteiger partial charge is 0.454 e. The predicted octanol–water partition coefficient (Wildman–Crippen LogP) is 2.46. The first-order chi connectivity index (χ1) is 9.58. The summed E-state index contributed by atoms with van der Waals surface area (Å²) < 4.78 is 11.6. The van der Waals surface area contributed by atoms with E-state index < -0.39 is 0 Å². The molecule has 118 valence electrons. The maximum Gasteiger partial charge on any atom is 0.231 e. The molecule has 0 saturated heterocycles. The summed E-state index contributed by atoms with van der Waals surface area (Å²) in [6, 6.07) is 3.88. The fourth-order valence-corrected chi connectivity index (χ4v) is 2.26. The third-order valence-electron chi connectivity index (χ3n) is 2.98. The summed E-state index contributed by atoms with van der Waals surface area (Å²) in [7, 11) is 0. The van der Waals surface area contributed by atoms with Crippen LogP contribution < -0.4 is 20.1 Å². The van der Waals surface area contributed by atoms with Crippen LogP contribution in [0, 0.1) is 5.92 Å². The molecule has 7 heteroatoms. The van der Waals surface area contributed by atoms with Crippen molar-refractivity contribution in [3.8, 4) is 11.5 Å². The van der Waals surface area contributed by atoms with Gasteiger partial charge in [-0.1, -0.05) is 29.8 Å². The highest BCUT2D eigenvalue weighted by Gasteiger charge is 2.15. The summed E-state index contributed by atoms with van der Waals surface area (Å²) in [5, 5.41) is 6.15. The van der Waals surface area contributed by atoms with E-state index in [0.29, 0.717) is 13.1 Å². The van der Waals surface area contributed by atoms with E-state index in [1.54, 1.807) is 0 Å². The van der Waals surface area contributed by atoms with E-state index in [-0.39, 0.29) is 31.0 Å². The van der Waals surface area contributed by atoms with Gasteiger partial charge in [0.2, 0.25) is 12.7 Å². The molecular weight excluding hydrogens is 360 g/mol. The van der Waals surface area contributed by atoms with Crippen molar-refractivity contribution in [2.24, 2.45) is 5.92 Å². The molecule has 0 aromatic heterocycles. The van der Waals surface area contributed by atoms with E-state index in [1.165, 1.54) is 0 Å². The van der Waals surface area contributed by atoms with Crippen LogP contribution in [0.2, 0.25) is 0 Å². The fourth-order valence-electron chi connectivity index (χ4n) is 1.80. The summed E-state index contributed by atoms with van der Waals surface area (Å²) in [5.41, 5.74) is 1.10. The zero-order valence-corrected chi connectivity index (χ0v) is 14.5. The molecule has 0 fully saturated rings. The van der Waals surface area contributed by atoms with Gasteiger partial charge in [0.25, 0.3) is 0 Å². The van der Waals surface area contributed by atoms with Gasteiger partial charge in [-0.2, -0.15) is 0 Å². The molecule has 0 bridgehead atoms. The lowest BCUT2D eigenvalue weighted by atomic mass is 10.2. The number of ether oxygens (including phenoxy) is 2. The van der Waals surface area contributed by atoms with Gasteiger partial charge in [0, 0.05) is 30.0 Å². The molecule has 1 aliphatic rings. The first-order valence-electron chi connectivity index (χ1n) is 6.64. The number of rotatable bonds is 6. The van der Waals surface area contributed by atoms with Crippen molar-refractivity contribution in [3.63, 3.8) is 0 Å². The Kier molecular flexibility index (Phi) is 7.28. The van der Waals surface area contributed by atoms with Crippen molar-refractivity contribution < 1.29 is 14.3 Å². The van der Waals surface area contributed by atoms with Crippen molar-refractivity contribution in [3.05, 3.63) is 22.2 Å². The highest BCUT2D eigenvalue weighted by Crippen LogP contribution is 2.36. The first-order valence-corrected chi connectivity index (χ1v) is 7.43. The number of amides is 1. The van der Waals surface area contributed by atoms with Crippen molar-refractivity contribution in [1.82, 2.24) is 10.6 Å². The topological polar surface area (TPSA) is 59.6 Å². The molecule has 21 heavy (non-hydrogen) atoms. The zero-order chi connectivity index (χ0) is 14.5. The molecule has 1 aromatic rings. The summed E-state index contributed by atoms with van der Waals surface area (Å²) in [5.74, 6) is 1.65. The number of halogens is 2. The summed E-state index contributed by atoms with van der Waals surface area (Å²) in [6.45, 7) is 6.09. The molecule has 1 aromatic carbocycles. The van der Waals surface area contributed by atoms with E-state index in [2.05, 4.69) is 26.6 Å². The summed E-state index contributed by atoms with van der Waals surface area (Å²) in [4.78, 5) is 11.4. The minimum atomic E-state index is 0. The highest BCUT2D eigenvalue weighted by molar-refractivity contribution is 9.10. The lowest BCUT2D eigenvalue weighted by Gasteiger charge is -2.10. The van der Waals surface area contributed by atoms with Gasteiger partial charge in [0.05, 0.1) is 0 Å². The Morgan fingerprint density at radius 2 is 1.95 bits per heavy atom. The number of hydrogen-bond acceptors (Lipinski definition) is 4. The molecule has 5 nitrogen and oxygen atoms in total. The number of carbonyl (C=O) groups is 1. The Morgan fingerprint density at radius 3 is 2.62 bits per heavy atom. The lowest BCUT2D eigenvalue weighted by molar-refractivity contribution is -0.123. The molecule has 1 amide bonds. The molecule has 0 aliphatic carbocycles. The quantitative estimate of drug-likeness (QED) is 0.746. The van der Waals surface area contributed by atoms with E-state index in [9.17, 15) is 4.79 Å². The Balaban J connectivity index is 0.00000220. The van der Waals surface area contributed by atoms with Crippen LogP contribution in [0.15, 0.2) is 16.6 Å². The Bertz CT molecular complexity index is 497. The second kappa shape index (κ2) is 8.46. The van der Waals surface area contributed by atoms with Crippen LogP contribution in [0.4, 0.5) is 0 Å². The monoisotopic (exact) mass is 378 g/mol. The van der Waals surface area contributed by atoms with Crippen LogP contribution >= 0.6 is 28.3 Å². The smallest absolute Gasteiger partial charge is 0.231 e. The number of hydrogen-bond donors (Lipinski definition) is 2. The van der Waals surface area contributed by atoms with E-state index in [1.807, 2.05) is 26.0 Å². The lowest BCUT2D eigenvalue weighted by Crippen LogP contribution is -2.34. The van der Waals surface area contributed by atoms with Crippen molar-refractivity contribution >= 4 is 34.2 Å². The van der Waals surface area contributed by atoms with Gasteiger partial charge in [0.1, 0.15) is 0 Å². The molecule has 2 rings (SSSR count). The van der Waals surface area contributed by atoms with E-state index in [0.717, 1.165) is 28.1 Å². The zero-order valence-electron chi connectivity index (χ0n) is 12.1. The van der Waals surface area contributed by atoms with E-state index in [4.69, 9.17) is 9.47 Å². The minimum Gasteiger partial charge on any atom is -0.454 e. The maximum atomic E-state index is 11.4. The third-order valence-corrected chi connectivity index (χ3v) is 3.72. The molecule has 1 heterocycles. The van der Waals surface area contributed by atoms with Crippen molar-refractivity contribution in [2.45, 2.75) is 20.4 Å². The molecular formula is C14H20BrClN2O3. The van der Waals surface area contributed by atoms with Crippen molar-refractivity contribution in [1.29, 1.82) is 0 Å². The molecule has 1 aliphatic heterocycles. The van der Waals surface area contributed by atoms with Gasteiger partial charge in [-0.05, 0) is 17.7 Å². The molecule has 0 spiro atoms. The normalized spacial score (nSPS) is 12.2. The molecule has 2 N–H and O–H groups in total. The predicted molar refractivity (Wildman–Crippen MR) is 87.1 cm³/mol. The number of benzene rings is 1. The van der Waals surface area contributed by atoms with Gasteiger partial charge < -0.3 is 20.1 Å². The van der Waals surface area contributed by atoms with Gasteiger partial charge in [-0.3, -0.25) is 4.79 Å². The number of carbonyl (C=O) groups excluding carboxylic acids is 1. The van der Waals surface area contributed by atoms with Crippen LogP contribution in [0.1, 0.15) is 19.4 Å². The Labute approximate surface area is 139 Å². The molecule has 0 atom stereocenters. The standard InChI is InChI=1S/C14H19BrN2O3.ClH/c1-9(2)14(18)17-4-3-16-7-10-5-12-13(6-11(10)15)20-8-19-12;/h5-6,9,16H,3-4,7-8H2,1-2H3,(H,17,18);1H. The van der Waals surface area contributed by atoms with Crippen molar-refractivity contribution in [2.75, 3.05) is 19.9 Å². The molecule has 0 saturated carbocycles. The van der Waals surface area contributed by atoms with Crippen LogP contribution in [0.25, 0.3) is 0 Å². The van der Waals surface area contributed by atoms with Crippen LogP contribution in [0.5, 0.6) is 11.5 Å². The van der Waals surface area contributed by atoms with Crippen LogP contribution in [0.3, 0.4) is 0 Å². The average Bonchev–Trinajstić information content (AvgIpc) is 2.84. The van der Waals surface area contributed by atoms with Crippen LogP contribution in [-0.2, 0) is 11.3 Å². The SMILES string of the molecule is CC(C)C(=O)NCCNCc1cc2c(cc1Br)OCO2.Cl. The first kappa shape index (κ1) is 18.1. The van der Waals surface area contributed by atoms with E-state index >= 15 is 0 Å². The second-order valence-corrected chi connectivity index (χ2v) is 5.77. The average molecular weight is 380 g/mol. The summed E-state index contributed by atoms with van der Waals surface area (Å²) in [6.07, 6.45) is 0. The molecule has 0 unspecified atom stereocenters. The number of nitrogens with one attached hydrogen (secondary N) is 2. The van der Waals surface area contributed by atoms with Crippen LogP contribution in [-0.4, -0.2) is 25.8 Å². The fraction of sp³-hybridized carbons (Fsp3) is 0.500. The second-order valence-electron chi connectivity index (χ2n) is 4.92. The Hall–Kier alpha value is -0.980. The van der Waals surface area contributed by atoms with Gasteiger partial charge >= 0.3 is 0 Å². The third kappa shape index (κ3) is 5.05. The summed E-state index contributed by atoms with van der Waals surface area (Å²) >= 11 is 3.52. The number of fused-ring (bicyclic) bond motifs is 1. The highest BCUT2D eigenvalue weighted by atomic mass is 79.9. The maximum absolute atomic E-state index is 11.4. The Morgan fingerprint density at radius 1 is 1.29 bits per heavy atom. The minimum absolute atomic E-state index is 0. The molecule has 0 radical (unpaired) electrons. The van der Waals surface area contributed by atoms with Gasteiger partial charge in [-0.15, -0.1) is 12.4 Å². The van der Waals surface area contributed by atoms with Gasteiger partial charge in [-0.25, -0.2) is 0 Å².